The molecule has 1 fully saturated rings. The Balaban J connectivity index is 1.88. The van der Waals surface area contributed by atoms with Crippen molar-refractivity contribution in [2.45, 2.75) is 56.4 Å². The van der Waals surface area contributed by atoms with E-state index in [0.29, 0.717) is 5.69 Å². The van der Waals surface area contributed by atoms with Crippen LogP contribution in [0.3, 0.4) is 0 Å². The van der Waals surface area contributed by atoms with Gasteiger partial charge in [0, 0.05) is 16.5 Å². The van der Waals surface area contributed by atoms with Gasteiger partial charge in [0.1, 0.15) is 22.7 Å². The zero-order chi connectivity index (χ0) is 24.8. The van der Waals surface area contributed by atoms with Crippen LogP contribution in [0.2, 0.25) is 0 Å². The van der Waals surface area contributed by atoms with Gasteiger partial charge >= 0.3 is 12.1 Å². The molecule has 0 radical (unpaired) electrons. The lowest BCUT2D eigenvalue weighted by Crippen LogP contribution is -2.50. The monoisotopic (exact) mass is 563 g/mol. The molecule has 2 aromatic heterocycles. The quantitative estimate of drug-likeness (QED) is 0.386. The van der Waals surface area contributed by atoms with Crippen molar-refractivity contribution in [1.82, 2.24) is 14.7 Å². The van der Waals surface area contributed by atoms with Crippen LogP contribution in [0.5, 0.6) is 0 Å². The number of ether oxygens (including phenoxy) is 1. The van der Waals surface area contributed by atoms with Crippen LogP contribution in [-0.2, 0) is 9.53 Å². The first kappa shape index (κ1) is 24.8. The summed E-state index contributed by atoms with van der Waals surface area (Å²) in [6.45, 7) is 9.00. The first-order chi connectivity index (χ1) is 15.9. The number of thiophene rings is 1. The number of aromatic nitrogens is 2. The van der Waals surface area contributed by atoms with Gasteiger partial charge in [0.2, 0.25) is 0 Å². The second kappa shape index (κ2) is 9.05. The van der Waals surface area contributed by atoms with E-state index in [9.17, 15) is 14.7 Å². The SMILES string of the molecule is CC(C)(C)OC(=O)N1C(c2cn(-c3ccccc3)nc2-c2ccc(Br)s2)SC(C)(C)[C@@H]1C(=O)O. The summed E-state index contributed by atoms with van der Waals surface area (Å²) in [6, 6.07) is 12.5. The second-order valence-corrected chi connectivity index (χ2v) is 13.7. The molecule has 0 saturated carbocycles. The van der Waals surface area contributed by atoms with Gasteiger partial charge in [-0.25, -0.2) is 14.3 Å². The summed E-state index contributed by atoms with van der Waals surface area (Å²) in [4.78, 5) is 28.0. The Morgan fingerprint density at radius 2 is 1.82 bits per heavy atom. The molecule has 3 heterocycles. The summed E-state index contributed by atoms with van der Waals surface area (Å²) >= 11 is 6.48. The van der Waals surface area contributed by atoms with Gasteiger partial charge in [0.25, 0.3) is 0 Å². The summed E-state index contributed by atoms with van der Waals surface area (Å²) in [6.07, 6.45) is 1.22. The van der Waals surface area contributed by atoms with Gasteiger partial charge < -0.3 is 9.84 Å². The van der Waals surface area contributed by atoms with E-state index in [1.807, 2.05) is 62.5 Å². The molecule has 4 rings (SSSR count). The number of thioether (sulfide) groups is 1. The molecule has 0 bridgehead atoms. The second-order valence-electron chi connectivity index (χ2n) is 9.52. The summed E-state index contributed by atoms with van der Waals surface area (Å²) < 4.78 is 7.64. The zero-order valence-electron chi connectivity index (χ0n) is 19.5. The zero-order valence-corrected chi connectivity index (χ0v) is 22.7. The topological polar surface area (TPSA) is 84.7 Å². The summed E-state index contributed by atoms with van der Waals surface area (Å²) in [5.74, 6) is -1.07. The van der Waals surface area contributed by atoms with Crippen LogP contribution < -0.4 is 0 Å². The smallest absolute Gasteiger partial charge is 0.412 e. The molecule has 1 aliphatic heterocycles. The molecule has 180 valence electrons. The molecule has 2 atom stereocenters. The maximum atomic E-state index is 13.4. The van der Waals surface area contributed by atoms with Crippen molar-refractivity contribution in [1.29, 1.82) is 0 Å². The predicted molar refractivity (Wildman–Crippen MR) is 138 cm³/mol. The highest BCUT2D eigenvalue weighted by Crippen LogP contribution is 2.54. The molecular formula is C24H26BrN3O4S2. The molecule has 34 heavy (non-hydrogen) atoms. The molecule has 1 aromatic carbocycles. The van der Waals surface area contributed by atoms with E-state index in [0.717, 1.165) is 19.9 Å². The lowest BCUT2D eigenvalue weighted by molar-refractivity contribution is -0.143. The number of halogens is 1. The third kappa shape index (κ3) is 4.89. The highest BCUT2D eigenvalue weighted by atomic mass is 79.9. The van der Waals surface area contributed by atoms with Crippen molar-refractivity contribution in [2.24, 2.45) is 0 Å². The highest BCUT2D eigenvalue weighted by Gasteiger charge is 2.55. The van der Waals surface area contributed by atoms with Crippen molar-refractivity contribution in [3.05, 3.63) is 58.0 Å². The minimum Gasteiger partial charge on any atom is -0.480 e. The summed E-state index contributed by atoms with van der Waals surface area (Å²) in [5.41, 5.74) is 1.56. The molecule has 1 aliphatic rings. The number of carbonyl (C=O) groups is 2. The Kier molecular flexibility index (Phi) is 6.61. The van der Waals surface area contributed by atoms with Crippen LogP contribution in [0.25, 0.3) is 16.3 Å². The number of para-hydroxylation sites is 1. The summed E-state index contributed by atoms with van der Waals surface area (Å²) in [7, 11) is 0. The average Bonchev–Trinajstić information content (AvgIpc) is 3.41. The summed E-state index contributed by atoms with van der Waals surface area (Å²) in [5, 5.41) is 14.4. The number of hydrogen-bond acceptors (Lipinski definition) is 6. The van der Waals surface area contributed by atoms with E-state index >= 15 is 0 Å². The van der Waals surface area contributed by atoms with Crippen LogP contribution in [0.4, 0.5) is 4.79 Å². The number of carbonyl (C=O) groups excluding carboxylic acids is 1. The van der Waals surface area contributed by atoms with Crippen molar-refractivity contribution in [2.75, 3.05) is 0 Å². The minimum atomic E-state index is -1.07. The molecule has 1 amide bonds. The molecule has 0 spiro atoms. The number of benzene rings is 1. The molecule has 3 aromatic rings. The number of carboxylic acids is 1. The Labute approximate surface area is 215 Å². The van der Waals surface area contributed by atoms with E-state index in [1.54, 1.807) is 25.5 Å². The normalized spacial score (nSPS) is 19.9. The van der Waals surface area contributed by atoms with Crippen LogP contribution in [0, 0.1) is 0 Å². The van der Waals surface area contributed by atoms with Gasteiger partial charge in [0.15, 0.2) is 0 Å². The molecule has 0 aliphatic carbocycles. The number of aliphatic carboxylic acids is 1. The largest absolute Gasteiger partial charge is 0.480 e. The predicted octanol–water partition coefficient (Wildman–Crippen LogP) is 6.58. The van der Waals surface area contributed by atoms with Gasteiger partial charge in [-0.1, -0.05) is 18.2 Å². The lowest BCUT2D eigenvalue weighted by Gasteiger charge is -2.31. The van der Waals surface area contributed by atoms with Crippen LogP contribution in [0.1, 0.15) is 45.6 Å². The van der Waals surface area contributed by atoms with Crippen LogP contribution in [0.15, 0.2) is 52.4 Å². The number of rotatable bonds is 4. The van der Waals surface area contributed by atoms with E-state index in [2.05, 4.69) is 15.9 Å². The first-order valence-electron chi connectivity index (χ1n) is 10.7. The fourth-order valence-corrected chi connectivity index (χ4v) is 6.87. The molecule has 1 unspecified atom stereocenters. The van der Waals surface area contributed by atoms with Gasteiger partial charge in [-0.15, -0.1) is 23.1 Å². The number of carboxylic acid groups (broad SMARTS) is 1. The van der Waals surface area contributed by atoms with E-state index < -0.39 is 33.8 Å². The number of hydrogen-bond donors (Lipinski definition) is 1. The lowest BCUT2D eigenvalue weighted by atomic mass is 10.0. The Morgan fingerprint density at radius 3 is 2.38 bits per heavy atom. The van der Waals surface area contributed by atoms with Crippen molar-refractivity contribution in [3.8, 4) is 16.3 Å². The van der Waals surface area contributed by atoms with Gasteiger partial charge in [-0.2, -0.15) is 5.10 Å². The number of nitrogens with zero attached hydrogens (tertiary/aromatic N) is 3. The average molecular weight is 565 g/mol. The van der Waals surface area contributed by atoms with Crippen LogP contribution in [-0.4, -0.2) is 48.2 Å². The third-order valence-corrected chi connectivity index (χ3v) is 8.44. The molecule has 7 nitrogen and oxygen atoms in total. The molecule has 10 heteroatoms. The van der Waals surface area contributed by atoms with E-state index in [1.165, 1.54) is 28.0 Å². The maximum absolute atomic E-state index is 13.4. The minimum absolute atomic E-state index is 0.598. The fourth-order valence-electron chi connectivity index (χ4n) is 3.94. The van der Waals surface area contributed by atoms with Crippen molar-refractivity contribution < 1.29 is 19.4 Å². The Hall–Kier alpha value is -2.30. The highest BCUT2D eigenvalue weighted by molar-refractivity contribution is 9.11. The van der Waals surface area contributed by atoms with Gasteiger partial charge in [-0.3, -0.25) is 4.90 Å². The number of amides is 1. The molecule has 1 N–H and O–H groups in total. The van der Waals surface area contributed by atoms with E-state index in [4.69, 9.17) is 9.84 Å². The van der Waals surface area contributed by atoms with E-state index in [-0.39, 0.29) is 0 Å². The fraction of sp³-hybridized carbons (Fsp3) is 0.375. The Bertz CT molecular complexity index is 1220. The third-order valence-electron chi connectivity index (χ3n) is 5.28. The molecular weight excluding hydrogens is 538 g/mol. The van der Waals surface area contributed by atoms with Crippen molar-refractivity contribution >= 4 is 51.1 Å². The van der Waals surface area contributed by atoms with Gasteiger partial charge in [-0.05, 0) is 74.8 Å². The van der Waals surface area contributed by atoms with Gasteiger partial charge in [0.05, 0.1) is 14.4 Å². The van der Waals surface area contributed by atoms with Crippen LogP contribution >= 0.6 is 39.0 Å². The molecule has 1 saturated heterocycles. The standard InChI is InChI=1S/C24H26BrN3O4S2/c1-23(2,3)32-22(31)28-19(21(29)30)24(4,5)34-20(28)15-13-27(14-9-7-6-8-10-14)26-18(15)16-11-12-17(25)33-16/h6-13,19-20H,1-5H3,(H,29,30)/t19-,20?/m0/s1. The maximum Gasteiger partial charge on any atom is 0.412 e. The Morgan fingerprint density at radius 1 is 1.15 bits per heavy atom. The first-order valence-corrected chi connectivity index (χ1v) is 13.2. The van der Waals surface area contributed by atoms with Crippen molar-refractivity contribution in [3.63, 3.8) is 0 Å².